The van der Waals surface area contributed by atoms with Gasteiger partial charge in [0.1, 0.15) is 6.04 Å². The molecule has 0 unspecified atom stereocenters. The Morgan fingerprint density at radius 2 is 2.00 bits per heavy atom. The van der Waals surface area contributed by atoms with E-state index in [1.807, 2.05) is 24.6 Å². The Balaban J connectivity index is 2.47. The van der Waals surface area contributed by atoms with Crippen LogP contribution in [0.3, 0.4) is 0 Å². The molecule has 0 radical (unpaired) electrons. The van der Waals surface area contributed by atoms with Crippen molar-refractivity contribution in [1.82, 2.24) is 5.32 Å². The molecule has 0 saturated carbocycles. The average molecular weight is 285 g/mol. The van der Waals surface area contributed by atoms with Gasteiger partial charge in [-0.2, -0.15) is 11.8 Å². The Hall–Kier alpha value is -0.650. The number of nitrogens with one attached hydrogen (secondary N) is 1. The minimum Gasteiger partial charge on any atom is -0.480 e. The molecule has 0 bridgehead atoms. The first-order valence-corrected chi connectivity index (χ1v) is 8.37. The van der Waals surface area contributed by atoms with Crippen molar-refractivity contribution < 1.29 is 9.90 Å². The first-order valence-electron chi connectivity index (χ1n) is 5.75. The smallest absolute Gasteiger partial charge is 0.320 e. The summed E-state index contributed by atoms with van der Waals surface area (Å²) < 4.78 is 0. The SMILES string of the molecule is CSCC[C@@H](NCc1ccc(SC)cc1)C(=O)O. The summed E-state index contributed by atoms with van der Waals surface area (Å²) >= 11 is 3.37. The van der Waals surface area contributed by atoms with Gasteiger partial charge in [0.15, 0.2) is 0 Å². The van der Waals surface area contributed by atoms with E-state index in [0.717, 1.165) is 11.3 Å². The Morgan fingerprint density at radius 1 is 1.33 bits per heavy atom. The molecule has 1 rings (SSSR count). The molecule has 0 aliphatic heterocycles. The third-order valence-corrected chi connectivity index (χ3v) is 4.01. The molecule has 0 heterocycles. The molecule has 0 aliphatic carbocycles. The molecule has 0 aliphatic rings. The van der Waals surface area contributed by atoms with E-state index in [-0.39, 0.29) is 0 Å². The molecule has 1 aromatic carbocycles. The summed E-state index contributed by atoms with van der Waals surface area (Å²) in [6.45, 7) is 0.597. The zero-order valence-electron chi connectivity index (χ0n) is 10.7. The van der Waals surface area contributed by atoms with Crippen LogP contribution in [0.5, 0.6) is 0 Å². The first-order chi connectivity index (χ1) is 8.67. The Morgan fingerprint density at radius 3 is 2.50 bits per heavy atom. The van der Waals surface area contributed by atoms with Gasteiger partial charge in [0.25, 0.3) is 0 Å². The van der Waals surface area contributed by atoms with Crippen LogP contribution >= 0.6 is 23.5 Å². The highest BCUT2D eigenvalue weighted by molar-refractivity contribution is 7.98. The van der Waals surface area contributed by atoms with E-state index in [0.29, 0.717) is 13.0 Å². The van der Waals surface area contributed by atoms with Crippen LogP contribution in [0.2, 0.25) is 0 Å². The summed E-state index contributed by atoms with van der Waals surface area (Å²) in [5.74, 6) is 0.0832. The lowest BCUT2D eigenvalue weighted by molar-refractivity contribution is -0.139. The number of carboxylic acids is 1. The molecule has 1 atom stereocenters. The molecule has 18 heavy (non-hydrogen) atoms. The third-order valence-electron chi connectivity index (χ3n) is 2.62. The van der Waals surface area contributed by atoms with E-state index < -0.39 is 12.0 Å². The van der Waals surface area contributed by atoms with Crippen LogP contribution in [0.25, 0.3) is 0 Å². The van der Waals surface area contributed by atoms with Crippen LogP contribution in [-0.2, 0) is 11.3 Å². The van der Waals surface area contributed by atoms with Crippen LogP contribution in [0.1, 0.15) is 12.0 Å². The zero-order valence-corrected chi connectivity index (χ0v) is 12.3. The Labute approximate surface area is 117 Å². The molecule has 5 heteroatoms. The number of thioether (sulfide) groups is 2. The molecular weight excluding hydrogens is 266 g/mol. The van der Waals surface area contributed by atoms with Crippen LogP contribution < -0.4 is 5.32 Å². The average Bonchev–Trinajstić information content (AvgIpc) is 2.39. The summed E-state index contributed by atoms with van der Waals surface area (Å²) in [7, 11) is 0. The molecule has 3 nitrogen and oxygen atoms in total. The predicted molar refractivity (Wildman–Crippen MR) is 79.5 cm³/mol. The fourth-order valence-corrected chi connectivity index (χ4v) is 2.41. The van der Waals surface area contributed by atoms with Crippen LogP contribution in [-0.4, -0.2) is 35.4 Å². The Kier molecular flexibility index (Phi) is 7.23. The molecule has 0 spiro atoms. The maximum atomic E-state index is 11.1. The van der Waals surface area contributed by atoms with Crippen molar-refractivity contribution in [3.63, 3.8) is 0 Å². The van der Waals surface area contributed by atoms with E-state index in [4.69, 9.17) is 5.11 Å². The second-order valence-corrected chi connectivity index (χ2v) is 5.77. The van der Waals surface area contributed by atoms with Gasteiger partial charge in [0.05, 0.1) is 0 Å². The maximum Gasteiger partial charge on any atom is 0.320 e. The number of benzene rings is 1. The molecule has 0 aromatic heterocycles. The monoisotopic (exact) mass is 285 g/mol. The Bertz CT molecular complexity index is 368. The maximum absolute atomic E-state index is 11.1. The highest BCUT2D eigenvalue weighted by Crippen LogP contribution is 2.14. The summed E-state index contributed by atoms with van der Waals surface area (Å²) in [6, 6.07) is 7.72. The van der Waals surface area contributed by atoms with Crippen molar-refractivity contribution in [3.05, 3.63) is 29.8 Å². The zero-order chi connectivity index (χ0) is 13.4. The fourth-order valence-electron chi connectivity index (χ4n) is 1.53. The van der Waals surface area contributed by atoms with Crippen molar-refractivity contribution in [3.8, 4) is 0 Å². The van der Waals surface area contributed by atoms with Crippen LogP contribution in [0.4, 0.5) is 0 Å². The standard InChI is InChI=1S/C13H19NO2S2/c1-17-8-7-12(13(15)16)14-9-10-3-5-11(18-2)6-4-10/h3-6,12,14H,7-9H2,1-2H3,(H,15,16)/t12-/m1/s1. The lowest BCUT2D eigenvalue weighted by atomic mass is 10.2. The van der Waals surface area contributed by atoms with Crippen molar-refractivity contribution in [1.29, 1.82) is 0 Å². The largest absolute Gasteiger partial charge is 0.480 e. The van der Waals surface area contributed by atoms with Gasteiger partial charge in [-0.25, -0.2) is 0 Å². The molecule has 100 valence electrons. The van der Waals surface area contributed by atoms with E-state index in [1.165, 1.54) is 4.90 Å². The van der Waals surface area contributed by atoms with E-state index >= 15 is 0 Å². The summed E-state index contributed by atoms with van der Waals surface area (Å²) in [6.07, 6.45) is 4.68. The van der Waals surface area contributed by atoms with Crippen LogP contribution in [0.15, 0.2) is 29.2 Å². The van der Waals surface area contributed by atoms with Crippen molar-refractivity contribution in [2.24, 2.45) is 0 Å². The summed E-state index contributed by atoms with van der Waals surface area (Å²) in [5.41, 5.74) is 1.11. The molecule has 0 saturated heterocycles. The van der Waals surface area contributed by atoms with Crippen LogP contribution in [0, 0.1) is 0 Å². The summed E-state index contributed by atoms with van der Waals surface area (Å²) in [4.78, 5) is 12.3. The van der Waals surface area contributed by atoms with Crippen molar-refractivity contribution >= 4 is 29.5 Å². The number of carboxylic acid groups (broad SMARTS) is 1. The lowest BCUT2D eigenvalue weighted by Gasteiger charge is -2.14. The molecule has 2 N–H and O–H groups in total. The van der Waals surface area contributed by atoms with Gasteiger partial charge in [0, 0.05) is 11.4 Å². The quantitative estimate of drug-likeness (QED) is 0.719. The number of rotatable bonds is 8. The van der Waals surface area contributed by atoms with E-state index in [2.05, 4.69) is 17.4 Å². The normalized spacial score (nSPS) is 12.3. The van der Waals surface area contributed by atoms with Gasteiger partial charge in [-0.1, -0.05) is 12.1 Å². The fraction of sp³-hybridized carbons (Fsp3) is 0.462. The minimum absolute atomic E-state index is 0.460. The van der Waals surface area contributed by atoms with Gasteiger partial charge < -0.3 is 10.4 Å². The number of aliphatic carboxylic acids is 1. The second-order valence-electron chi connectivity index (χ2n) is 3.90. The highest BCUT2D eigenvalue weighted by Gasteiger charge is 2.15. The molecule has 0 fully saturated rings. The minimum atomic E-state index is -0.773. The van der Waals surface area contributed by atoms with Gasteiger partial charge in [-0.3, -0.25) is 4.79 Å². The predicted octanol–water partition coefficient (Wildman–Crippen LogP) is 2.70. The van der Waals surface area contributed by atoms with Gasteiger partial charge in [-0.15, -0.1) is 11.8 Å². The number of hydrogen-bond acceptors (Lipinski definition) is 4. The summed E-state index contributed by atoms with van der Waals surface area (Å²) in [5, 5.41) is 12.2. The third kappa shape index (κ3) is 5.33. The topological polar surface area (TPSA) is 49.3 Å². The highest BCUT2D eigenvalue weighted by atomic mass is 32.2. The van der Waals surface area contributed by atoms with E-state index in [1.54, 1.807) is 23.5 Å². The first kappa shape index (κ1) is 15.4. The molecular formula is C13H19NO2S2. The second kappa shape index (κ2) is 8.45. The molecule has 0 amide bonds. The number of hydrogen-bond donors (Lipinski definition) is 2. The van der Waals surface area contributed by atoms with Gasteiger partial charge in [0.2, 0.25) is 0 Å². The van der Waals surface area contributed by atoms with Gasteiger partial charge >= 0.3 is 5.97 Å². The van der Waals surface area contributed by atoms with Crippen molar-refractivity contribution in [2.75, 3.05) is 18.3 Å². The van der Waals surface area contributed by atoms with Gasteiger partial charge in [-0.05, 0) is 42.4 Å². The number of carbonyl (C=O) groups is 1. The van der Waals surface area contributed by atoms with E-state index in [9.17, 15) is 4.79 Å². The molecule has 1 aromatic rings. The van der Waals surface area contributed by atoms with Crippen molar-refractivity contribution in [2.45, 2.75) is 23.9 Å². The lowest BCUT2D eigenvalue weighted by Crippen LogP contribution is -2.36.